The van der Waals surface area contributed by atoms with Crippen LogP contribution < -0.4 is 10.1 Å². The second-order valence-electron chi connectivity index (χ2n) is 8.12. The first-order valence-electron chi connectivity index (χ1n) is 10.9. The Bertz CT molecular complexity index is 1360. The molecule has 1 N–H and O–H groups in total. The molecule has 0 bridgehead atoms. The van der Waals surface area contributed by atoms with E-state index < -0.39 is 10.8 Å². The maximum atomic E-state index is 12.8. The van der Waals surface area contributed by atoms with Crippen molar-refractivity contribution in [1.29, 1.82) is 0 Å². The topological polar surface area (TPSA) is 94.6 Å². The summed E-state index contributed by atoms with van der Waals surface area (Å²) in [6.45, 7) is 6.10. The Labute approximate surface area is 207 Å². The summed E-state index contributed by atoms with van der Waals surface area (Å²) in [6, 6.07) is 21.5. The van der Waals surface area contributed by atoms with Gasteiger partial charge in [0.05, 0.1) is 4.92 Å². The third-order valence-electron chi connectivity index (χ3n) is 5.27. The molecule has 0 unspecified atom stereocenters. The molecule has 35 heavy (non-hydrogen) atoms. The zero-order chi connectivity index (χ0) is 24.9. The predicted molar refractivity (Wildman–Crippen MR) is 135 cm³/mol. The number of carbonyl (C=O) groups excluding carboxylic acids is 1. The number of amides is 1. The fourth-order valence-electron chi connectivity index (χ4n) is 3.50. The van der Waals surface area contributed by atoms with Gasteiger partial charge in [0.1, 0.15) is 18.1 Å². The number of nitrogens with zero attached hydrogens (tertiary/aromatic N) is 1. The summed E-state index contributed by atoms with van der Waals surface area (Å²) < 4.78 is 11.5. The van der Waals surface area contributed by atoms with E-state index in [-0.39, 0.29) is 18.1 Å². The van der Waals surface area contributed by atoms with Crippen LogP contribution in [0.25, 0.3) is 0 Å². The van der Waals surface area contributed by atoms with Gasteiger partial charge in [0.15, 0.2) is 5.76 Å². The number of anilines is 1. The maximum Gasteiger partial charge on any atom is 0.291 e. The number of hydrogen-bond donors (Lipinski definition) is 1. The number of rotatable bonds is 8. The Kier molecular flexibility index (Phi) is 7.22. The summed E-state index contributed by atoms with van der Waals surface area (Å²) >= 11 is 1.38. The summed E-state index contributed by atoms with van der Waals surface area (Å²) in [5.41, 5.74) is 3.35. The van der Waals surface area contributed by atoms with E-state index >= 15 is 0 Å². The fourth-order valence-corrected chi connectivity index (χ4v) is 4.41. The molecule has 0 radical (unpaired) electrons. The van der Waals surface area contributed by atoms with Crippen LogP contribution >= 0.6 is 11.8 Å². The normalized spacial score (nSPS) is 10.7. The molecule has 4 rings (SSSR count). The number of aryl methyl sites for hydroxylation is 3. The van der Waals surface area contributed by atoms with Gasteiger partial charge in [-0.15, -0.1) is 0 Å². The van der Waals surface area contributed by atoms with Crippen molar-refractivity contribution >= 4 is 29.0 Å². The van der Waals surface area contributed by atoms with Crippen molar-refractivity contribution in [3.63, 3.8) is 0 Å². The quantitative estimate of drug-likeness (QED) is 0.210. The Hall–Kier alpha value is -4.04. The third kappa shape index (κ3) is 6.10. The van der Waals surface area contributed by atoms with E-state index in [4.69, 9.17) is 9.15 Å². The van der Waals surface area contributed by atoms with Gasteiger partial charge < -0.3 is 14.5 Å². The fraction of sp³-hybridized carbons (Fsp3) is 0.148. The van der Waals surface area contributed by atoms with E-state index in [2.05, 4.69) is 5.32 Å². The number of benzene rings is 3. The van der Waals surface area contributed by atoms with Crippen molar-refractivity contribution in [1.82, 2.24) is 0 Å². The molecule has 4 aromatic rings. The summed E-state index contributed by atoms with van der Waals surface area (Å²) in [7, 11) is 0. The molecular formula is C27H24N2O5S. The molecule has 3 aromatic carbocycles. The average molecular weight is 489 g/mol. The number of non-ortho nitro benzene ring substituents is 1. The number of para-hydroxylation sites is 1. The lowest BCUT2D eigenvalue weighted by molar-refractivity contribution is -0.385. The van der Waals surface area contributed by atoms with Gasteiger partial charge in [0.25, 0.3) is 11.6 Å². The van der Waals surface area contributed by atoms with Crippen molar-refractivity contribution < 1.29 is 18.9 Å². The first-order valence-corrected chi connectivity index (χ1v) is 11.7. The van der Waals surface area contributed by atoms with Crippen LogP contribution in [-0.4, -0.2) is 10.8 Å². The number of nitro groups is 1. The van der Waals surface area contributed by atoms with Gasteiger partial charge >= 0.3 is 0 Å². The second-order valence-corrected chi connectivity index (χ2v) is 9.26. The lowest BCUT2D eigenvalue weighted by Crippen LogP contribution is -2.11. The molecule has 8 heteroatoms. The SMILES string of the molecule is Cc1ccc(Sc2cc(NC(=O)c3ccc(COc4c(C)cccc4C)o3)cc([N+](=O)[O-])c2)cc1. The molecule has 0 spiro atoms. The smallest absolute Gasteiger partial charge is 0.291 e. The van der Waals surface area contributed by atoms with Crippen LogP contribution in [0.2, 0.25) is 0 Å². The van der Waals surface area contributed by atoms with Gasteiger partial charge in [-0.3, -0.25) is 14.9 Å². The highest BCUT2D eigenvalue weighted by molar-refractivity contribution is 7.99. The Morgan fingerprint density at radius 1 is 0.971 bits per heavy atom. The van der Waals surface area contributed by atoms with Crippen molar-refractivity contribution in [3.05, 3.63) is 111 Å². The van der Waals surface area contributed by atoms with Crippen LogP contribution in [0, 0.1) is 30.9 Å². The van der Waals surface area contributed by atoms with Gasteiger partial charge in [-0.1, -0.05) is 47.7 Å². The van der Waals surface area contributed by atoms with Gasteiger partial charge in [-0.05, 0) is 62.2 Å². The standard InChI is InChI=1S/C27H24N2O5S/c1-17-7-10-23(11-8-17)35-24-14-20(13-21(15-24)29(31)32)28-27(30)25-12-9-22(34-25)16-33-26-18(2)5-4-6-19(26)3/h4-15H,16H2,1-3H3,(H,28,30). The van der Waals surface area contributed by atoms with E-state index in [0.29, 0.717) is 16.3 Å². The van der Waals surface area contributed by atoms with Crippen LogP contribution in [0.3, 0.4) is 0 Å². The van der Waals surface area contributed by atoms with Crippen molar-refractivity contribution in [2.24, 2.45) is 0 Å². The Morgan fingerprint density at radius 2 is 1.69 bits per heavy atom. The first-order chi connectivity index (χ1) is 16.8. The van der Waals surface area contributed by atoms with Crippen molar-refractivity contribution in [3.8, 4) is 5.75 Å². The molecule has 1 heterocycles. The molecular weight excluding hydrogens is 464 g/mol. The molecule has 0 aliphatic heterocycles. The Balaban J connectivity index is 1.47. The van der Waals surface area contributed by atoms with E-state index in [0.717, 1.165) is 27.3 Å². The molecule has 0 aliphatic carbocycles. The highest BCUT2D eigenvalue weighted by atomic mass is 32.2. The molecule has 7 nitrogen and oxygen atoms in total. The third-order valence-corrected chi connectivity index (χ3v) is 6.25. The highest BCUT2D eigenvalue weighted by Crippen LogP contribution is 2.33. The molecule has 0 fully saturated rings. The first kappa shape index (κ1) is 24.1. The highest BCUT2D eigenvalue weighted by Gasteiger charge is 2.16. The average Bonchev–Trinajstić information content (AvgIpc) is 3.29. The molecule has 0 aliphatic rings. The van der Waals surface area contributed by atoms with Crippen LogP contribution in [0.4, 0.5) is 11.4 Å². The lowest BCUT2D eigenvalue weighted by Gasteiger charge is -2.10. The molecule has 1 amide bonds. The maximum absolute atomic E-state index is 12.8. The van der Waals surface area contributed by atoms with Crippen LogP contribution in [0.5, 0.6) is 5.75 Å². The van der Waals surface area contributed by atoms with Crippen molar-refractivity contribution in [2.75, 3.05) is 5.32 Å². The monoisotopic (exact) mass is 488 g/mol. The minimum atomic E-state index is -0.505. The number of nitro benzene ring substituents is 1. The molecule has 1 aromatic heterocycles. The van der Waals surface area contributed by atoms with E-state index in [1.165, 1.54) is 23.9 Å². The number of ether oxygens (including phenoxy) is 1. The van der Waals surface area contributed by atoms with Crippen molar-refractivity contribution in [2.45, 2.75) is 37.2 Å². The van der Waals surface area contributed by atoms with Gasteiger partial charge in [-0.2, -0.15) is 0 Å². The summed E-state index contributed by atoms with van der Waals surface area (Å²) in [4.78, 5) is 25.3. The van der Waals surface area contributed by atoms with Gasteiger partial charge in [0.2, 0.25) is 0 Å². The number of hydrogen-bond acceptors (Lipinski definition) is 6. The van der Waals surface area contributed by atoms with E-state index in [1.54, 1.807) is 18.2 Å². The van der Waals surface area contributed by atoms with Gasteiger partial charge in [-0.25, -0.2) is 0 Å². The molecule has 0 atom stereocenters. The minimum absolute atomic E-state index is 0.0874. The van der Waals surface area contributed by atoms with E-state index in [9.17, 15) is 14.9 Å². The second kappa shape index (κ2) is 10.5. The summed E-state index contributed by atoms with van der Waals surface area (Å²) in [5.74, 6) is 0.858. The molecule has 178 valence electrons. The van der Waals surface area contributed by atoms with Crippen LogP contribution in [0.15, 0.2) is 87.0 Å². The van der Waals surface area contributed by atoms with E-state index in [1.807, 2.05) is 63.2 Å². The minimum Gasteiger partial charge on any atom is -0.485 e. The number of carbonyl (C=O) groups is 1. The largest absolute Gasteiger partial charge is 0.485 e. The van der Waals surface area contributed by atoms with Gasteiger partial charge in [0, 0.05) is 27.6 Å². The predicted octanol–water partition coefficient (Wildman–Crippen LogP) is 7.10. The van der Waals surface area contributed by atoms with Crippen LogP contribution in [0.1, 0.15) is 33.0 Å². The zero-order valence-corrected chi connectivity index (χ0v) is 20.3. The zero-order valence-electron chi connectivity index (χ0n) is 19.5. The lowest BCUT2D eigenvalue weighted by atomic mass is 10.1. The molecule has 0 saturated heterocycles. The number of nitrogens with one attached hydrogen (secondary N) is 1. The van der Waals surface area contributed by atoms with Crippen LogP contribution in [-0.2, 0) is 6.61 Å². The summed E-state index contributed by atoms with van der Waals surface area (Å²) in [5, 5.41) is 14.2. The molecule has 0 saturated carbocycles. The Morgan fingerprint density at radius 3 is 2.37 bits per heavy atom. The summed E-state index contributed by atoms with van der Waals surface area (Å²) in [6.07, 6.45) is 0. The number of furan rings is 1.